The summed E-state index contributed by atoms with van der Waals surface area (Å²) < 4.78 is 0. The van der Waals surface area contributed by atoms with Crippen LogP contribution in [-0.4, -0.2) is 29.9 Å². The standard InChI is InChI=1S/C112H64N12.3Ni/c1-7-19-71(20-8-1)105-89-47-41-79(113-89)67-80-42-48-90(114-80)106(72-21-9-2-10-22-72)94-56-52-86(118-94)83(85-51-55-93(105)117-85)45-35-69-33-39-78(40-34-69)112-103-65-61-99(123-103)109(75-27-15-5-16-28-75)95-57-53-87(119-95)84(88-54-58-96(120-88)110(76-29-17-6-18-30-76)100-62-66-104(112)124-100)46-36-70-31-37-77(38-32-70)111-101-63-59-97(121-101)107(73-23-11-3-12-24-73)91-49-43-81(115-91)68-82-44-50-92(116-82)108(74-25-13-4-14-26-74)98-60-64-102(111)122-98;;;/h1-34,37-44,47-68H;;;/q-6;3*+2. The van der Waals surface area contributed by atoms with Crippen LogP contribution in [0.15, 0.2) is 315 Å². The minimum absolute atomic E-state index is 0. The number of rotatable bonds is 8. The van der Waals surface area contributed by atoms with Crippen LogP contribution < -0.4 is 29.9 Å². The van der Waals surface area contributed by atoms with Crippen molar-refractivity contribution in [1.82, 2.24) is 59.8 Å². The van der Waals surface area contributed by atoms with Crippen LogP contribution in [0.4, 0.5) is 0 Å². The van der Waals surface area contributed by atoms with Gasteiger partial charge in [0.2, 0.25) is 0 Å². The zero-order valence-electron chi connectivity index (χ0n) is 67.3. The van der Waals surface area contributed by atoms with Crippen LogP contribution >= 0.6 is 0 Å². The van der Waals surface area contributed by atoms with Crippen LogP contribution in [0.3, 0.4) is 0 Å². The zero-order chi connectivity index (χ0) is 82.0. The van der Waals surface area contributed by atoms with Crippen LogP contribution in [0.25, 0.3) is 228 Å². The fraction of sp³-hybridized carbons (Fsp3) is 0. The van der Waals surface area contributed by atoms with E-state index in [0.29, 0.717) is 33.5 Å². The second-order valence-corrected chi connectivity index (χ2v) is 30.6. The summed E-state index contributed by atoms with van der Waals surface area (Å²) in [4.78, 5) is 64.8. The molecule has 9 aromatic heterocycles. The Morgan fingerprint density at radius 3 is 0.646 bits per heavy atom. The first-order valence-electron chi connectivity index (χ1n) is 41.1. The van der Waals surface area contributed by atoms with E-state index >= 15 is 0 Å². The Balaban J connectivity index is 0.00000338. The third kappa shape index (κ3) is 15.3. The van der Waals surface area contributed by atoms with Gasteiger partial charge in [0.05, 0.1) is 68.3 Å². The van der Waals surface area contributed by atoms with E-state index < -0.39 is 0 Å². The summed E-state index contributed by atoms with van der Waals surface area (Å²) in [6.07, 6.45) is 24.8. The number of benzene rings is 8. The van der Waals surface area contributed by atoms with Gasteiger partial charge in [-0.15, -0.1) is 66.2 Å². The first-order chi connectivity index (χ1) is 61.4. The molecule has 15 heteroatoms. The smallest absolute Gasteiger partial charge is 0.657 e. The van der Waals surface area contributed by atoms with Crippen molar-refractivity contribution in [1.29, 1.82) is 0 Å². The van der Waals surface area contributed by atoms with Gasteiger partial charge in [0.1, 0.15) is 0 Å². The van der Waals surface area contributed by atoms with Gasteiger partial charge < -0.3 is 29.9 Å². The molecule has 24 bridgehead atoms. The van der Waals surface area contributed by atoms with E-state index in [4.69, 9.17) is 59.8 Å². The maximum Gasteiger partial charge on any atom is 2.00 e. The Morgan fingerprint density at radius 2 is 0.370 bits per heavy atom. The average molecular weight is 1750 g/mol. The molecule has 6 aliphatic heterocycles. The summed E-state index contributed by atoms with van der Waals surface area (Å²) in [5.41, 5.74) is 35.9. The van der Waals surface area contributed by atoms with Gasteiger partial charge >= 0.3 is 49.5 Å². The fourth-order valence-corrected chi connectivity index (χ4v) is 17.1. The van der Waals surface area contributed by atoms with Crippen LogP contribution in [0, 0.1) is 23.7 Å². The van der Waals surface area contributed by atoms with Crippen molar-refractivity contribution >= 4 is 139 Å². The molecule has 23 rings (SSSR count). The van der Waals surface area contributed by atoms with Gasteiger partial charge in [-0.3, -0.25) is 0 Å². The number of hydrogen-bond donors (Lipinski definition) is 0. The van der Waals surface area contributed by atoms with Crippen molar-refractivity contribution in [3.8, 4) is 113 Å². The van der Waals surface area contributed by atoms with Crippen molar-refractivity contribution in [3.63, 3.8) is 0 Å². The van der Waals surface area contributed by atoms with E-state index in [9.17, 15) is 0 Å². The van der Waals surface area contributed by atoms with Gasteiger partial charge in [0, 0.05) is 22.3 Å². The number of hydrogen-bond acceptors (Lipinski definition) is 6. The van der Waals surface area contributed by atoms with E-state index in [0.717, 1.165) is 212 Å². The van der Waals surface area contributed by atoms with E-state index in [1.54, 1.807) is 0 Å². The topological polar surface area (TPSA) is 162 Å². The first kappa shape index (κ1) is 79.6. The van der Waals surface area contributed by atoms with Gasteiger partial charge in [-0.1, -0.05) is 315 Å². The Bertz CT molecular complexity index is 8080. The molecule has 15 heterocycles. The van der Waals surface area contributed by atoms with Gasteiger partial charge in [0.15, 0.2) is 0 Å². The molecule has 0 radical (unpaired) electrons. The van der Waals surface area contributed by atoms with Crippen LogP contribution in [0.5, 0.6) is 0 Å². The summed E-state index contributed by atoms with van der Waals surface area (Å²) in [6, 6.07) is 107. The van der Waals surface area contributed by atoms with Crippen molar-refractivity contribution < 1.29 is 49.5 Å². The number of aromatic nitrogens is 12. The predicted molar refractivity (Wildman–Crippen MR) is 506 cm³/mol. The Morgan fingerprint density at radius 1 is 0.165 bits per heavy atom. The molecule has 0 unspecified atom stereocenters. The monoisotopic (exact) mass is 1750 g/mol. The predicted octanol–water partition coefficient (Wildman–Crippen LogP) is 24.5. The maximum absolute atomic E-state index is 5.60. The molecular weight excluding hydrogens is 1690 g/mol. The molecule has 6 aliphatic rings. The van der Waals surface area contributed by atoms with Crippen molar-refractivity contribution in [2.24, 2.45) is 0 Å². The van der Waals surface area contributed by atoms with Gasteiger partial charge in [0.25, 0.3) is 0 Å². The second-order valence-electron chi connectivity index (χ2n) is 30.6. The molecule has 0 N–H and O–H groups in total. The van der Waals surface area contributed by atoms with Crippen LogP contribution in [0.1, 0.15) is 90.6 Å². The SMILES string of the molecule is C(#Cc1c2nc(c(-c3ccccc3)c3ccc([n-]3)c(-c3ccc(C#Cc4c5nc(c(-c6ccccc6)c6ccc(cc7nc(c(-c8ccccc8)c8ccc4[n-]8)C=C7)[n-]6)C=C5)cc3)c3nc(c(-c4ccccc4)c4ccc1[n-]4)C=C3)C=C2)c1ccc(-c2c3nc(c(-c4ccccc4)c4ccc(cc5nc(c(-c6ccccc6)c6ccc2[n-]6)C=C5)[n-]4)C=C3)cc1.[Ni+2].[Ni+2].[Ni+2]. The molecule has 12 nitrogen and oxygen atoms in total. The minimum atomic E-state index is 0. The molecule has 0 saturated carbocycles. The molecular formula is C112H64N12Ni3. The van der Waals surface area contributed by atoms with E-state index in [2.05, 4.69) is 242 Å². The Hall–Kier alpha value is -15.8. The summed E-state index contributed by atoms with van der Waals surface area (Å²) in [7, 11) is 0. The molecule has 17 aromatic rings. The number of fused-ring (bicyclic) bond motifs is 24. The van der Waals surface area contributed by atoms with Crippen molar-refractivity contribution in [3.05, 3.63) is 406 Å². The molecule has 0 fully saturated rings. The quantitative estimate of drug-likeness (QED) is 0.105. The molecule has 0 atom stereocenters. The van der Waals surface area contributed by atoms with E-state index in [1.807, 2.05) is 170 Å². The average Bonchev–Trinajstić information content (AvgIpc) is 1.62. The third-order valence-electron chi connectivity index (χ3n) is 22.9. The normalized spacial score (nSPS) is 11.9. The Labute approximate surface area is 761 Å². The van der Waals surface area contributed by atoms with Crippen LogP contribution in [0.2, 0.25) is 0 Å². The molecule has 0 saturated heterocycles. The zero-order valence-corrected chi connectivity index (χ0v) is 70.2. The number of nitrogens with zero attached hydrogens (tertiary/aromatic N) is 12. The molecule has 602 valence electrons. The minimum Gasteiger partial charge on any atom is -0.657 e. The second kappa shape index (κ2) is 34.1. The van der Waals surface area contributed by atoms with Crippen LogP contribution in [-0.2, 0) is 49.5 Å². The summed E-state index contributed by atoms with van der Waals surface area (Å²) in [6.45, 7) is 0. The van der Waals surface area contributed by atoms with Crippen molar-refractivity contribution in [2.45, 2.75) is 0 Å². The maximum atomic E-state index is 5.60. The summed E-state index contributed by atoms with van der Waals surface area (Å²) in [5.74, 6) is 14.5. The van der Waals surface area contributed by atoms with Crippen molar-refractivity contribution in [2.75, 3.05) is 0 Å². The van der Waals surface area contributed by atoms with E-state index in [1.165, 1.54) is 0 Å². The molecule has 0 spiro atoms. The Kier molecular flexibility index (Phi) is 21.4. The molecule has 0 aliphatic carbocycles. The third-order valence-corrected chi connectivity index (χ3v) is 22.9. The summed E-state index contributed by atoms with van der Waals surface area (Å²) >= 11 is 0. The fourth-order valence-electron chi connectivity index (χ4n) is 17.1. The van der Waals surface area contributed by atoms with Gasteiger partial charge in [-0.2, -0.15) is 0 Å². The van der Waals surface area contributed by atoms with Gasteiger partial charge in [-0.05, 0) is 186 Å². The first-order valence-corrected chi connectivity index (χ1v) is 41.1. The molecule has 0 amide bonds. The molecule has 8 aromatic carbocycles. The largest absolute Gasteiger partial charge is 2.00 e. The molecule has 127 heavy (non-hydrogen) atoms. The van der Waals surface area contributed by atoms with E-state index in [-0.39, 0.29) is 49.5 Å². The summed E-state index contributed by atoms with van der Waals surface area (Å²) in [5, 5.41) is 0. The van der Waals surface area contributed by atoms with Gasteiger partial charge in [-0.25, -0.2) is 29.9 Å².